The van der Waals surface area contributed by atoms with E-state index in [1.54, 1.807) is 19.1 Å². The maximum atomic E-state index is 13.6. The van der Waals surface area contributed by atoms with E-state index in [9.17, 15) is 30.0 Å². The van der Waals surface area contributed by atoms with E-state index in [2.05, 4.69) is 17.1 Å². The first-order chi connectivity index (χ1) is 18.1. The standard InChI is InChI=1S/C22H38N4O4S2.C2HF3O2/c1-19-7-8-22(20(2)18-19)32(29,30)26(15-14-24-11-5-4-6-21(24)3)16-17-31(27,28)25-12-9-23-10-13-25;3-2(4,5)1(6)7/h7-8,18,21,23H,4-6,9-17H2,1-3H3;(H,6,7). The van der Waals surface area contributed by atoms with E-state index in [1.807, 2.05) is 13.0 Å². The number of benzene rings is 1. The molecular weight excluding hydrogens is 561 g/mol. The van der Waals surface area contributed by atoms with Crippen molar-refractivity contribution in [1.82, 2.24) is 18.8 Å². The normalized spacial score (nSPS) is 19.9. The number of rotatable bonds is 9. The first-order valence-corrected chi connectivity index (χ1v) is 15.9. The Morgan fingerprint density at radius 1 is 1.08 bits per heavy atom. The molecule has 2 fully saturated rings. The number of hydrogen-bond donors (Lipinski definition) is 2. The molecule has 224 valence electrons. The predicted octanol–water partition coefficient (Wildman–Crippen LogP) is 2.04. The summed E-state index contributed by atoms with van der Waals surface area (Å²) in [5.41, 5.74) is 1.68. The quantitative estimate of drug-likeness (QED) is 0.441. The van der Waals surface area contributed by atoms with Gasteiger partial charge in [0.25, 0.3) is 0 Å². The fourth-order valence-corrected chi connectivity index (χ4v) is 7.78. The minimum Gasteiger partial charge on any atom is -0.475 e. The van der Waals surface area contributed by atoms with Crippen molar-refractivity contribution in [3.05, 3.63) is 29.3 Å². The molecule has 2 heterocycles. The summed E-state index contributed by atoms with van der Waals surface area (Å²) in [6, 6.07) is 5.71. The molecule has 0 aliphatic carbocycles. The van der Waals surface area contributed by atoms with Gasteiger partial charge in [-0.3, -0.25) is 4.90 Å². The number of aliphatic carboxylic acids is 1. The van der Waals surface area contributed by atoms with E-state index in [-0.39, 0.29) is 23.7 Å². The smallest absolute Gasteiger partial charge is 0.475 e. The van der Waals surface area contributed by atoms with Gasteiger partial charge in [0, 0.05) is 51.9 Å². The highest BCUT2D eigenvalue weighted by Gasteiger charge is 2.38. The number of carbonyl (C=O) groups is 1. The first kappa shape index (κ1) is 33.4. The van der Waals surface area contributed by atoms with E-state index in [4.69, 9.17) is 9.90 Å². The molecule has 0 radical (unpaired) electrons. The van der Waals surface area contributed by atoms with Gasteiger partial charge in [-0.25, -0.2) is 21.6 Å². The second-order valence-corrected chi connectivity index (χ2v) is 13.8. The molecule has 2 N–H and O–H groups in total. The summed E-state index contributed by atoms with van der Waals surface area (Å²) in [7, 11) is -7.33. The lowest BCUT2D eigenvalue weighted by atomic mass is 10.0. The van der Waals surface area contributed by atoms with Gasteiger partial charge in [0.05, 0.1) is 10.6 Å². The Bertz CT molecular complexity index is 1170. The average molecular weight is 601 g/mol. The third-order valence-electron chi connectivity index (χ3n) is 6.84. The van der Waals surface area contributed by atoms with E-state index in [0.717, 1.165) is 24.9 Å². The number of carboxylic acids is 1. The molecule has 2 aliphatic rings. The molecule has 0 amide bonds. The molecule has 1 aromatic rings. The summed E-state index contributed by atoms with van der Waals surface area (Å²) in [5, 5.41) is 10.3. The van der Waals surface area contributed by atoms with E-state index in [0.29, 0.717) is 44.3 Å². The Labute approximate surface area is 229 Å². The highest BCUT2D eigenvalue weighted by molar-refractivity contribution is 7.90. The van der Waals surface area contributed by atoms with Gasteiger partial charge in [0.2, 0.25) is 20.0 Å². The van der Waals surface area contributed by atoms with E-state index < -0.39 is 32.2 Å². The van der Waals surface area contributed by atoms with Gasteiger partial charge in [0.1, 0.15) is 0 Å². The predicted molar refractivity (Wildman–Crippen MR) is 141 cm³/mol. The fourth-order valence-electron chi connectivity index (χ4n) is 4.58. The van der Waals surface area contributed by atoms with Crippen molar-refractivity contribution < 1.29 is 39.9 Å². The largest absolute Gasteiger partial charge is 0.490 e. The molecular formula is C24H39F3N4O6S2. The molecule has 1 aromatic carbocycles. The summed E-state index contributed by atoms with van der Waals surface area (Å²) in [5.74, 6) is -2.96. The number of alkyl halides is 3. The van der Waals surface area contributed by atoms with Crippen LogP contribution in [-0.4, -0.2) is 112 Å². The summed E-state index contributed by atoms with van der Waals surface area (Å²) in [4.78, 5) is 11.5. The van der Waals surface area contributed by atoms with Gasteiger partial charge < -0.3 is 10.4 Å². The lowest BCUT2D eigenvalue weighted by Gasteiger charge is -2.35. The van der Waals surface area contributed by atoms with Gasteiger partial charge in [-0.05, 0) is 51.8 Å². The number of nitrogens with one attached hydrogen (secondary N) is 1. The number of hydrogen-bond acceptors (Lipinski definition) is 7. The van der Waals surface area contributed by atoms with Crippen LogP contribution in [0.2, 0.25) is 0 Å². The molecule has 0 spiro atoms. The molecule has 0 aromatic heterocycles. The van der Waals surface area contributed by atoms with Crippen molar-refractivity contribution in [2.45, 2.75) is 57.1 Å². The van der Waals surface area contributed by atoms with Crippen LogP contribution in [0, 0.1) is 13.8 Å². The second-order valence-electron chi connectivity index (χ2n) is 9.82. The van der Waals surface area contributed by atoms with Crippen LogP contribution in [0.4, 0.5) is 13.2 Å². The Hall–Kier alpha value is -1.78. The molecule has 10 nitrogen and oxygen atoms in total. The van der Waals surface area contributed by atoms with Crippen LogP contribution < -0.4 is 5.32 Å². The van der Waals surface area contributed by atoms with Gasteiger partial charge in [0.15, 0.2) is 0 Å². The van der Waals surface area contributed by atoms with E-state index in [1.165, 1.54) is 15.0 Å². The van der Waals surface area contributed by atoms with Crippen molar-refractivity contribution in [2.75, 3.05) is 58.1 Å². The number of piperazine rings is 1. The summed E-state index contributed by atoms with van der Waals surface area (Å²) < 4.78 is 87.6. The molecule has 1 atom stereocenters. The van der Waals surface area contributed by atoms with Crippen molar-refractivity contribution in [1.29, 1.82) is 0 Å². The van der Waals surface area contributed by atoms with Gasteiger partial charge in [-0.15, -0.1) is 0 Å². The number of likely N-dealkylation sites (tertiary alicyclic amines) is 1. The third-order valence-corrected chi connectivity index (χ3v) is 10.7. The monoisotopic (exact) mass is 600 g/mol. The maximum absolute atomic E-state index is 13.6. The molecule has 1 unspecified atom stereocenters. The topological polar surface area (TPSA) is 127 Å². The van der Waals surface area contributed by atoms with Crippen LogP contribution in [0.3, 0.4) is 0 Å². The zero-order valence-corrected chi connectivity index (χ0v) is 24.2. The van der Waals surface area contributed by atoms with Crippen LogP contribution in [0.15, 0.2) is 23.1 Å². The molecule has 2 aliphatic heterocycles. The molecule has 3 rings (SSSR count). The van der Waals surface area contributed by atoms with Gasteiger partial charge in [-0.2, -0.15) is 21.8 Å². The Morgan fingerprint density at radius 2 is 1.69 bits per heavy atom. The average Bonchev–Trinajstić information content (AvgIpc) is 2.85. The van der Waals surface area contributed by atoms with Crippen LogP contribution in [-0.2, 0) is 24.8 Å². The Morgan fingerprint density at radius 3 is 2.23 bits per heavy atom. The van der Waals surface area contributed by atoms with Gasteiger partial charge >= 0.3 is 12.1 Å². The summed E-state index contributed by atoms with van der Waals surface area (Å²) in [6.07, 6.45) is -1.65. The van der Waals surface area contributed by atoms with Crippen molar-refractivity contribution in [3.8, 4) is 0 Å². The zero-order chi connectivity index (χ0) is 29.4. The van der Waals surface area contributed by atoms with E-state index >= 15 is 0 Å². The van der Waals surface area contributed by atoms with Crippen molar-refractivity contribution in [2.24, 2.45) is 0 Å². The van der Waals surface area contributed by atoms with Gasteiger partial charge in [-0.1, -0.05) is 24.1 Å². The molecule has 2 saturated heterocycles. The van der Waals surface area contributed by atoms with Crippen molar-refractivity contribution >= 4 is 26.0 Å². The first-order valence-electron chi connectivity index (χ1n) is 12.9. The molecule has 39 heavy (non-hydrogen) atoms. The highest BCUT2D eigenvalue weighted by atomic mass is 32.2. The maximum Gasteiger partial charge on any atom is 0.490 e. The number of nitrogens with zero attached hydrogens (tertiary/aromatic N) is 3. The van der Waals surface area contributed by atoms with Crippen LogP contribution in [0.1, 0.15) is 37.3 Å². The number of aryl methyl sites for hydroxylation is 2. The second kappa shape index (κ2) is 14.2. The summed E-state index contributed by atoms with van der Waals surface area (Å²) in [6.45, 7) is 9.82. The number of piperidine rings is 1. The number of sulfonamides is 2. The lowest BCUT2D eigenvalue weighted by Crippen LogP contribution is -2.49. The molecule has 0 bridgehead atoms. The lowest BCUT2D eigenvalue weighted by molar-refractivity contribution is -0.192. The highest BCUT2D eigenvalue weighted by Crippen LogP contribution is 2.23. The SMILES string of the molecule is Cc1ccc(S(=O)(=O)N(CCN2CCCCC2C)CCS(=O)(=O)N2CCNCC2)c(C)c1.O=C(O)C(F)(F)F. The minimum atomic E-state index is -5.08. The zero-order valence-electron chi connectivity index (χ0n) is 22.6. The minimum absolute atomic E-state index is 0.0376. The molecule has 0 saturated carbocycles. The third kappa shape index (κ3) is 9.97. The Balaban J connectivity index is 0.000000673. The number of halogens is 3. The summed E-state index contributed by atoms with van der Waals surface area (Å²) >= 11 is 0. The fraction of sp³-hybridized carbons (Fsp3) is 0.708. The van der Waals surface area contributed by atoms with Crippen LogP contribution >= 0.6 is 0 Å². The van der Waals surface area contributed by atoms with Crippen molar-refractivity contribution in [3.63, 3.8) is 0 Å². The Kier molecular flexibility index (Phi) is 12.2. The number of carboxylic acid groups (broad SMARTS) is 1. The van der Waals surface area contributed by atoms with Crippen LogP contribution in [0.5, 0.6) is 0 Å². The molecule has 15 heteroatoms. The van der Waals surface area contributed by atoms with Crippen LogP contribution in [0.25, 0.3) is 0 Å².